The Morgan fingerprint density at radius 2 is 2.60 bits per heavy atom. The largest absolute Gasteiger partial charge is 0.382 e. The zero-order chi connectivity index (χ0) is 15.2. The van der Waals surface area contributed by atoms with Crippen LogP contribution in [0.3, 0.4) is 0 Å². The van der Waals surface area contributed by atoms with E-state index in [1.807, 2.05) is 0 Å². The van der Waals surface area contributed by atoms with Gasteiger partial charge >= 0.3 is 0 Å². The van der Waals surface area contributed by atoms with Crippen molar-refractivity contribution in [2.24, 2.45) is 0 Å². The summed E-state index contributed by atoms with van der Waals surface area (Å²) in [7, 11) is 0. The van der Waals surface area contributed by atoms with Gasteiger partial charge in [0, 0.05) is 15.8 Å². The van der Waals surface area contributed by atoms with Gasteiger partial charge in [0.1, 0.15) is 5.82 Å². The third kappa shape index (κ3) is 1.43. The number of nitrogen functional groups attached to an aromatic ring is 1. The van der Waals surface area contributed by atoms with Crippen LogP contribution in [0.25, 0.3) is 0 Å². The van der Waals surface area contributed by atoms with Gasteiger partial charge in [-0.3, -0.25) is 4.98 Å². The minimum absolute atomic E-state index is 0.531. The van der Waals surface area contributed by atoms with Gasteiger partial charge in [0.2, 0.25) is 0 Å². The highest BCUT2D eigenvalue weighted by Gasteiger charge is 1.99. The minimum Gasteiger partial charge on any atom is -0.382 e. The Bertz CT molecular complexity index is 478. The van der Waals surface area contributed by atoms with Gasteiger partial charge in [-0.2, -0.15) is 0 Å². The fourth-order valence-corrected chi connectivity index (χ4v) is 0.420. The van der Waals surface area contributed by atoms with E-state index in [4.69, 9.17) is 18.1 Å². The Morgan fingerprint density at radius 1 is 1.80 bits per heavy atom. The summed E-state index contributed by atoms with van der Waals surface area (Å²) in [4.78, 5) is 6.70. The van der Waals surface area contributed by atoms with E-state index >= 15 is 0 Å². The Morgan fingerprint density at radius 3 is 3.30 bits per heavy atom. The average molecular weight is 146 g/mol. The van der Waals surface area contributed by atoms with Gasteiger partial charge in [-0.15, -0.1) is 0 Å². The van der Waals surface area contributed by atoms with Gasteiger partial charge in [0.25, 0.3) is 0 Å². The molecule has 0 atom stereocenters. The van der Waals surface area contributed by atoms with Gasteiger partial charge < -0.3 is 5.73 Å². The highest BCUT2D eigenvalue weighted by Crippen LogP contribution is 2.09. The lowest BCUT2D eigenvalue weighted by Gasteiger charge is -2.02. The molecular formula is C7H11N3. The van der Waals surface area contributed by atoms with Crippen molar-refractivity contribution in [3.8, 4) is 0 Å². The predicted octanol–water partition coefficient (Wildman–Crippen LogP) is 1.18. The maximum Gasteiger partial charge on any atom is 0.142 e. The molecule has 1 aromatic heterocycles. The van der Waals surface area contributed by atoms with Crippen LogP contribution in [0.2, 0.25) is 0 Å². The second-order valence-electron chi connectivity index (χ2n) is 1.56. The van der Waals surface area contributed by atoms with Crippen molar-refractivity contribution in [2.45, 2.75) is 19.6 Å². The standard InChI is InChI=1S/C7H11N3/c1-5(2)6-3-9-4-7(8)10-6/h3-5H,1-2H3,(H2,8,10)/i1D3,2D3,3D,4D,5D. The van der Waals surface area contributed by atoms with E-state index in [1.54, 1.807) is 0 Å². The zero-order valence-corrected chi connectivity index (χ0v) is 4.97. The van der Waals surface area contributed by atoms with Crippen molar-refractivity contribution >= 4 is 5.82 Å². The summed E-state index contributed by atoms with van der Waals surface area (Å²) in [5, 5.41) is 0. The molecule has 0 aromatic carbocycles. The molecule has 0 amide bonds. The molecule has 0 unspecified atom stereocenters. The van der Waals surface area contributed by atoms with Crippen LogP contribution in [-0.4, -0.2) is 9.97 Å². The Balaban J connectivity index is 3.66. The number of nitrogens with two attached hydrogens (primary N) is 1. The van der Waals surface area contributed by atoms with Crippen molar-refractivity contribution in [2.75, 3.05) is 5.73 Å². The van der Waals surface area contributed by atoms with E-state index in [0.29, 0.717) is 0 Å². The lowest BCUT2D eigenvalue weighted by atomic mass is 10.1. The zero-order valence-electron chi connectivity index (χ0n) is 14.0. The summed E-state index contributed by atoms with van der Waals surface area (Å²) in [6.07, 6.45) is -1.44. The smallest absolute Gasteiger partial charge is 0.142 e. The molecule has 1 heterocycles. The van der Waals surface area contributed by atoms with Crippen molar-refractivity contribution in [3.63, 3.8) is 0 Å². The monoisotopic (exact) mass is 146 g/mol. The van der Waals surface area contributed by atoms with Crippen LogP contribution < -0.4 is 5.73 Å². The lowest BCUT2D eigenvalue weighted by molar-refractivity contribution is 0.814. The van der Waals surface area contributed by atoms with E-state index in [-0.39, 0.29) is 0 Å². The van der Waals surface area contributed by atoms with Crippen LogP contribution in [0.5, 0.6) is 0 Å². The predicted molar refractivity (Wildman–Crippen MR) is 40.5 cm³/mol. The van der Waals surface area contributed by atoms with E-state index < -0.39 is 43.5 Å². The molecule has 0 bridgehead atoms. The van der Waals surface area contributed by atoms with Gasteiger partial charge in [-0.05, 0) is 5.89 Å². The highest BCUT2D eigenvalue weighted by molar-refractivity contribution is 5.24. The summed E-state index contributed by atoms with van der Waals surface area (Å²) in [5.41, 5.74) is 4.39. The molecule has 0 spiro atoms. The first-order valence-corrected chi connectivity index (χ1v) is 2.43. The summed E-state index contributed by atoms with van der Waals surface area (Å²) in [5.74, 6) is -3.66. The van der Waals surface area contributed by atoms with Crippen molar-refractivity contribution in [1.82, 2.24) is 9.97 Å². The number of rotatable bonds is 1. The topological polar surface area (TPSA) is 51.8 Å². The van der Waals surface area contributed by atoms with Gasteiger partial charge in [-0.25, -0.2) is 4.98 Å². The first-order chi connectivity index (χ1) is 8.32. The summed E-state index contributed by atoms with van der Waals surface area (Å²) in [6.45, 7) is -6.53. The third-order valence-electron chi connectivity index (χ3n) is 0.801. The summed E-state index contributed by atoms with van der Waals surface area (Å²) >= 11 is 0. The number of nitrogens with zero attached hydrogens (tertiary/aromatic N) is 2. The fraction of sp³-hybridized carbons (Fsp3) is 0.429. The van der Waals surface area contributed by atoms with Crippen LogP contribution in [-0.2, 0) is 0 Å². The highest BCUT2D eigenvalue weighted by atomic mass is 14.9. The Hall–Kier alpha value is -1.12. The van der Waals surface area contributed by atoms with Crippen LogP contribution >= 0.6 is 0 Å². The normalized spacial score (nSPS) is 27.0. The van der Waals surface area contributed by atoms with Crippen LogP contribution in [0, 0.1) is 0 Å². The minimum atomic E-state index is -3.27. The average Bonchev–Trinajstić information content (AvgIpc) is 2.19. The van der Waals surface area contributed by atoms with Crippen LogP contribution in [0.4, 0.5) is 5.82 Å². The molecule has 0 aliphatic heterocycles. The quantitative estimate of drug-likeness (QED) is 0.647. The summed E-state index contributed by atoms with van der Waals surface area (Å²) in [6, 6.07) is 0. The van der Waals surface area contributed by atoms with Gasteiger partial charge in [-0.1, -0.05) is 13.7 Å². The molecule has 10 heavy (non-hydrogen) atoms. The number of anilines is 1. The second-order valence-corrected chi connectivity index (χ2v) is 1.56. The fourth-order valence-electron chi connectivity index (χ4n) is 0.420. The van der Waals surface area contributed by atoms with Crippen LogP contribution in [0.15, 0.2) is 12.3 Å². The molecule has 0 radical (unpaired) electrons. The number of hydrogen-bond donors (Lipinski definition) is 1. The Labute approximate surface area is 73.0 Å². The Kier molecular flexibility index (Phi) is 0.456. The molecule has 3 heteroatoms. The number of hydrogen-bond acceptors (Lipinski definition) is 3. The SMILES string of the molecule is [2H]c1nc([2H])c(C([2H])(C([2H])([2H])[2H])C([2H])([2H])[2H])nc1N. The molecule has 0 saturated heterocycles. The molecule has 3 nitrogen and oxygen atoms in total. The lowest BCUT2D eigenvalue weighted by Crippen LogP contribution is -1.97. The van der Waals surface area contributed by atoms with E-state index in [2.05, 4.69) is 9.97 Å². The van der Waals surface area contributed by atoms with E-state index in [0.717, 1.165) is 0 Å². The van der Waals surface area contributed by atoms with Gasteiger partial charge in [0.15, 0.2) is 0 Å². The molecule has 54 valence electrons. The first-order valence-electron chi connectivity index (χ1n) is 6.93. The van der Waals surface area contributed by atoms with Crippen molar-refractivity contribution < 1.29 is 12.3 Å². The molecule has 2 N–H and O–H groups in total. The molecule has 0 aliphatic carbocycles. The maximum atomic E-state index is 7.81. The first kappa shape index (κ1) is 1.72. The second kappa shape index (κ2) is 2.64. The number of aromatic nitrogens is 2. The van der Waals surface area contributed by atoms with Crippen molar-refractivity contribution in [1.29, 1.82) is 0 Å². The molecular weight excluding hydrogens is 126 g/mol. The van der Waals surface area contributed by atoms with E-state index in [9.17, 15) is 0 Å². The van der Waals surface area contributed by atoms with Gasteiger partial charge in [0.05, 0.1) is 14.6 Å². The third-order valence-corrected chi connectivity index (χ3v) is 0.801. The molecule has 0 aliphatic rings. The molecule has 0 saturated carbocycles. The van der Waals surface area contributed by atoms with Crippen molar-refractivity contribution in [3.05, 3.63) is 18.0 Å². The summed E-state index contributed by atoms with van der Waals surface area (Å²) < 4.78 is 66.0. The van der Waals surface area contributed by atoms with E-state index in [1.165, 1.54) is 0 Å². The molecule has 1 aromatic rings. The van der Waals surface area contributed by atoms with Crippen LogP contribution in [0.1, 0.15) is 37.6 Å². The molecule has 1 rings (SSSR count). The maximum absolute atomic E-state index is 7.81. The molecule has 0 fully saturated rings.